The van der Waals surface area contributed by atoms with Gasteiger partial charge in [-0.1, -0.05) is 12.1 Å². The number of carbonyl (C=O) groups is 2. The fourth-order valence-electron chi connectivity index (χ4n) is 1.73. The predicted octanol–water partition coefficient (Wildman–Crippen LogP) is 1.80. The zero-order chi connectivity index (χ0) is 13.8. The number of carbonyl (C=O) groups excluding carboxylic acids is 2. The second-order valence-electron chi connectivity index (χ2n) is 4.32. The normalized spacial score (nSPS) is 10.2. The molecule has 0 spiro atoms. The average Bonchev–Trinajstić information content (AvgIpc) is 2.75. The van der Waals surface area contributed by atoms with Gasteiger partial charge < -0.3 is 9.88 Å². The van der Waals surface area contributed by atoms with Crippen LogP contribution < -0.4 is 5.32 Å². The quantitative estimate of drug-likeness (QED) is 0.849. The second kappa shape index (κ2) is 5.48. The first-order valence-electron chi connectivity index (χ1n) is 5.93. The Bertz CT molecular complexity index is 617. The molecule has 0 aliphatic carbocycles. The molecule has 2 rings (SSSR count). The van der Waals surface area contributed by atoms with Gasteiger partial charge in [-0.2, -0.15) is 0 Å². The second-order valence-corrected chi connectivity index (χ2v) is 4.32. The van der Waals surface area contributed by atoms with Crippen LogP contribution in [0.4, 0.5) is 5.69 Å². The molecule has 5 nitrogen and oxygen atoms in total. The van der Waals surface area contributed by atoms with Gasteiger partial charge in [0.05, 0.1) is 6.42 Å². The summed E-state index contributed by atoms with van der Waals surface area (Å²) in [6.07, 6.45) is 3.64. The highest BCUT2D eigenvalue weighted by Gasteiger charge is 2.08. The molecule has 1 heterocycles. The van der Waals surface area contributed by atoms with Gasteiger partial charge in [0.2, 0.25) is 5.91 Å². The molecular weight excluding hydrogens is 242 g/mol. The number of rotatable bonds is 4. The average molecular weight is 257 g/mol. The molecule has 0 unspecified atom stereocenters. The predicted molar refractivity (Wildman–Crippen MR) is 72.0 cm³/mol. The summed E-state index contributed by atoms with van der Waals surface area (Å²) >= 11 is 0. The number of anilines is 1. The van der Waals surface area contributed by atoms with Gasteiger partial charge in [0.1, 0.15) is 5.82 Å². The maximum atomic E-state index is 11.9. The van der Waals surface area contributed by atoms with E-state index in [1.54, 1.807) is 41.2 Å². The molecule has 1 amide bonds. The van der Waals surface area contributed by atoms with Crippen molar-refractivity contribution < 1.29 is 9.59 Å². The number of ketones is 1. The lowest BCUT2D eigenvalue weighted by Gasteiger charge is -2.06. The van der Waals surface area contributed by atoms with Crippen LogP contribution in [-0.4, -0.2) is 21.2 Å². The SMILES string of the molecule is CC(=O)c1cccc(NC(=O)Cc2nccn2C)c1. The molecule has 0 radical (unpaired) electrons. The van der Waals surface area contributed by atoms with Gasteiger partial charge in [0, 0.05) is 30.7 Å². The Balaban J connectivity index is 2.05. The Kier molecular flexibility index (Phi) is 3.75. The molecule has 1 aromatic heterocycles. The fourth-order valence-corrected chi connectivity index (χ4v) is 1.73. The van der Waals surface area contributed by atoms with Crippen LogP contribution in [-0.2, 0) is 18.3 Å². The van der Waals surface area contributed by atoms with E-state index in [0.717, 1.165) is 0 Å². The first-order chi connectivity index (χ1) is 9.06. The molecular formula is C14H15N3O2. The monoisotopic (exact) mass is 257 g/mol. The maximum absolute atomic E-state index is 11.9. The summed E-state index contributed by atoms with van der Waals surface area (Å²) in [5, 5.41) is 2.76. The van der Waals surface area contributed by atoms with Crippen molar-refractivity contribution in [3.8, 4) is 0 Å². The molecule has 19 heavy (non-hydrogen) atoms. The van der Waals surface area contributed by atoms with E-state index in [4.69, 9.17) is 0 Å². The van der Waals surface area contributed by atoms with E-state index < -0.39 is 0 Å². The lowest BCUT2D eigenvalue weighted by Crippen LogP contribution is -2.17. The number of imidazole rings is 1. The highest BCUT2D eigenvalue weighted by Crippen LogP contribution is 2.11. The highest BCUT2D eigenvalue weighted by molar-refractivity contribution is 5.97. The van der Waals surface area contributed by atoms with E-state index in [9.17, 15) is 9.59 Å². The molecule has 0 aliphatic heterocycles. The van der Waals surface area contributed by atoms with Crippen LogP contribution in [0.25, 0.3) is 0 Å². The molecule has 0 aliphatic rings. The molecule has 0 fully saturated rings. The summed E-state index contributed by atoms with van der Waals surface area (Å²) in [5.74, 6) is 0.510. The molecule has 0 atom stereocenters. The molecule has 98 valence electrons. The van der Waals surface area contributed by atoms with Crippen LogP contribution in [0.1, 0.15) is 23.1 Å². The third kappa shape index (κ3) is 3.28. The van der Waals surface area contributed by atoms with E-state index >= 15 is 0 Å². The number of aryl methyl sites for hydroxylation is 1. The summed E-state index contributed by atoms with van der Waals surface area (Å²) < 4.78 is 1.80. The van der Waals surface area contributed by atoms with Crippen molar-refractivity contribution in [3.63, 3.8) is 0 Å². The number of aromatic nitrogens is 2. The Morgan fingerprint density at radius 2 is 2.16 bits per heavy atom. The highest BCUT2D eigenvalue weighted by atomic mass is 16.1. The smallest absolute Gasteiger partial charge is 0.231 e. The number of hydrogen-bond acceptors (Lipinski definition) is 3. The summed E-state index contributed by atoms with van der Waals surface area (Å²) in [7, 11) is 1.84. The molecule has 0 bridgehead atoms. The molecule has 2 aromatic rings. The third-order valence-corrected chi connectivity index (χ3v) is 2.79. The van der Waals surface area contributed by atoms with Crippen LogP contribution in [0.15, 0.2) is 36.7 Å². The van der Waals surface area contributed by atoms with E-state index in [2.05, 4.69) is 10.3 Å². The van der Waals surface area contributed by atoms with E-state index in [1.165, 1.54) is 6.92 Å². The largest absolute Gasteiger partial charge is 0.338 e. The minimum Gasteiger partial charge on any atom is -0.338 e. The van der Waals surface area contributed by atoms with Gasteiger partial charge in [-0.15, -0.1) is 0 Å². The Hall–Kier alpha value is -2.43. The number of nitrogens with zero attached hydrogens (tertiary/aromatic N) is 2. The standard InChI is InChI=1S/C14H15N3O2/c1-10(18)11-4-3-5-12(8-11)16-14(19)9-13-15-6-7-17(13)2/h3-8H,9H2,1-2H3,(H,16,19). The minimum absolute atomic E-state index is 0.0276. The van der Waals surface area contributed by atoms with Crippen molar-refractivity contribution in [1.29, 1.82) is 0 Å². The van der Waals surface area contributed by atoms with Crippen LogP contribution in [0.5, 0.6) is 0 Å². The van der Waals surface area contributed by atoms with Crippen molar-refractivity contribution in [1.82, 2.24) is 9.55 Å². The van der Waals surface area contributed by atoms with Crippen LogP contribution in [0, 0.1) is 0 Å². The van der Waals surface area contributed by atoms with Crippen molar-refractivity contribution in [2.24, 2.45) is 7.05 Å². The van der Waals surface area contributed by atoms with Crippen LogP contribution in [0.3, 0.4) is 0 Å². The lowest BCUT2D eigenvalue weighted by atomic mass is 10.1. The Morgan fingerprint density at radius 1 is 1.37 bits per heavy atom. The van der Waals surface area contributed by atoms with Gasteiger partial charge in [-0.25, -0.2) is 4.98 Å². The number of nitrogens with one attached hydrogen (secondary N) is 1. The number of amides is 1. The van der Waals surface area contributed by atoms with Crippen LogP contribution in [0.2, 0.25) is 0 Å². The van der Waals surface area contributed by atoms with E-state index in [0.29, 0.717) is 17.1 Å². The summed E-state index contributed by atoms with van der Waals surface area (Å²) in [5.41, 5.74) is 1.20. The summed E-state index contributed by atoms with van der Waals surface area (Å²) in [4.78, 5) is 27.2. The van der Waals surface area contributed by atoms with Gasteiger partial charge in [0.25, 0.3) is 0 Å². The van der Waals surface area contributed by atoms with Gasteiger partial charge in [-0.05, 0) is 19.1 Å². The van der Waals surface area contributed by atoms with Gasteiger partial charge in [0.15, 0.2) is 5.78 Å². The fraction of sp³-hybridized carbons (Fsp3) is 0.214. The zero-order valence-corrected chi connectivity index (χ0v) is 10.9. The zero-order valence-electron chi connectivity index (χ0n) is 10.9. The number of Topliss-reactive ketones (excluding diaryl/α,β-unsaturated/α-hetero) is 1. The first-order valence-corrected chi connectivity index (χ1v) is 5.93. The molecule has 0 saturated heterocycles. The molecule has 0 saturated carbocycles. The molecule has 1 N–H and O–H groups in total. The third-order valence-electron chi connectivity index (χ3n) is 2.79. The Labute approximate surface area is 111 Å². The molecule has 5 heteroatoms. The Morgan fingerprint density at radius 3 is 2.79 bits per heavy atom. The maximum Gasteiger partial charge on any atom is 0.231 e. The number of benzene rings is 1. The topological polar surface area (TPSA) is 64.0 Å². The van der Waals surface area contributed by atoms with Gasteiger partial charge >= 0.3 is 0 Å². The van der Waals surface area contributed by atoms with Crippen molar-refractivity contribution in [2.45, 2.75) is 13.3 Å². The van der Waals surface area contributed by atoms with E-state index in [1.807, 2.05) is 7.05 Å². The summed E-state index contributed by atoms with van der Waals surface area (Å²) in [6.45, 7) is 1.49. The van der Waals surface area contributed by atoms with Crippen molar-refractivity contribution in [3.05, 3.63) is 48.0 Å². The first kappa shape index (κ1) is 13.0. The van der Waals surface area contributed by atoms with Crippen molar-refractivity contribution in [2.75, 3.05) is 5.32 Å². The molecule has 1 aromatic carbocycles. The van der Waals surface area contributed by atoms with Gasteiger partial charge in [-0.3, -0.25) is 9.59 Å². The minimum atomic E-state index is -0.157. The van der Waals surface area contributed by atoms with Crippen molar-refractivity contribution >= 4 is 17.4 Å². The van der Waals surface area contributed by atoms with E-state index in [-0.39, 0.29) is 18.1 Å². The lowest BCUT2D eigenvalue weighted by molar-refractivity contribution is -0.115. The van der Waals surface area contributed by atoms with Crippen LogP contribution >= 0.6 is 0 Å². The summed E-state index contributed by atoms with van der Waals surface area (Å²) in [6, 6.07) is 6.88. The number of hydrogen-bond donors (Lipinski definition) is 1.